The van der Waals surface area contributed by atoms with Gasteiger partial charge >= 0.3 is 5.97 Å². The Balaban J connectivity index is 2.55. The van der Waals surface area contributed by atoms with Gasteiger partial charge in [-0.25, -0.2) is 0 Å². The molecule has 0 aliphatic carbocycles. The molecule has 1 heterocycles. The Morgan fingerprint density at radius 3 is 2.93 bits per heavy atom. The molecule has 0 spiro atoms. The first-order chi connectivity index (χ1) is 6.66. The molecule has 0 aliphatic heterocycles. The number of rotatable bonds is 2. The highest BCUT2D eigenvalue weighted by Crippen LogP contribution is 2.20. The number of aromatic nitrogens is 1. The number of nitrogens with zero attached hydrogens (tertiary/aromatic N) is 1. The first-order valence-corrected chi connectivity index (χ1v) is 4.51. The molecule has 0 unspecified atom stereocenters. The van der Waals surface area contributed by atoms with Crippen LogP contribution in [0.4, 0.5) is 0 Å². The van der Waals surface area contributed by atoms with E-state index in [0.29, 0.717) is 5.02 Å². The van der Waals surface area contributed by atoms with Crippen molar-refractivity contribution in [2.75, 3.05) is 0 Å². The number of hydrogen-bond donors (Lipinski definition) is 1. The van der Waals surface area contributed by atoms with Crippen molar-refractivity contribution < 1.29 is 9.90 Å². The number of hydrogen-bond acceptors (Lipinski definition) is 1. The van der Waals surface area contributed by atoms with Gasteiger partial charge in [0.05, 0.1) is 5.52 Å². The van der Waals surface area contributed by atoms with Gasteiger partial charge in [0.15, 0.2) is 0 Å². The zero-order valence-corrected chi connectivity index (χ0v) is 8.03. The largest absolute Gasteiger partial charge is 0.480 e. The summed E-state index contributed by atoms with van der Waals surface area (Å²) in [4.78, 5) is 10.5. The molecule has 1 N–H and O–H groups in total. The predicted molar refractivity (Wildman–Crippen MR) is 54.6 cm³/mol. The summed E-state index contributed by atoms with van der Waals surface area (Å²) in [5, 5.41) is 10.3. The second-order valence-electron chi connectivity index (χ2n) is 3.04. The molecule has 0 fully saturated rings. The smallest absolute Gasteiger partial charge is 0.323 e. The second kappa shape index (κ2) is 3.35. The van der Waals surface area contributed by atoms with Crippen LogP contribution in [0.1, 0.15) is 0 Å². The first kappa shape index (κ1) is 9.09. The molecule has 0 saturated heterocycles. The number of carboxylic acid groups (broad SMARTS) is 1. The van der Waals surface area contributed by atoms with E-state index in [1.54, 1.807) is 22.9 Å². The molecule has 0 bridgehead atoms. The lowest BCUT2D eigenvalue weighted by Crippen LogP contribution is -2.06. The third-order valence-corrected chi connectivity index (χ3v) is 2.28. The quantitative estimate of drug-likeness (QED) is 0.825. The van der Waals surface area contributed by atoms with Crippen LogP contribution in [0.15, 0.2) is 30.5 Å². The van der Waals surface area contributed by atoms with E-state index in [0.717, 1.165) is 10.9 Å². The zero-order valence-electron chi connectivity index (χ0n) is 7.27. The molecule has 1 aromatic heterocycles. The maximum atomic E-state index is 10.5. The SMILES string of the molecule is O=C(O)Cn1ccc2ccc(Cl)cc21. The summed E-state index contributed by atoms with van der Waals surface area (Å²) in [5.74, 6) is -0.859. The molecule has 0 aliphatic rings. The van der Waals surface area contributed by atoms with Gasteiger partial charge in [0, 0.05) is 11.2 Å². The highest BCUT2D eigenvalue weighted by molar-refractivity contribution is 6.31. The molecule has 0 amide bonds. The number of carbonyl (C=O) groups is 1. The van der Waals surface area contributed by atoms with Crippen LogP contribution >= 0.6 is 11.6 Å². The van der Waals surface area contributed by atoms with E-state index in [9.17, 15) is 4.79 Å². The lowest BCUT2D eigenvalue weighted by Gasteiger charge is -2.00. The summed E-state index contributed by atoms with van der Waals surface area (Å²) in [6.45, 7) is -0.0379. The predicted octanol–water partition coefficient (Wildman–Crippen LogP) is 2.38. The summed E-state index contributed by atoms with van der Waals surface area (Å²) in [7, 11) is 0. The molecular formula is C10H8ClNO2. The van der Waals surface area contributed by atoms with Crippen molar-refractivity contribution in [3.63, 3.8) is 0 Å². The molecule has 2 rings (SSSR count). The molecule has 2 aromatic rings. The maximum Gasteiger partial charge on any atom is 0.323 e. The van der Waals surface area contributed by atoms with Gasteiger partial charge in [-0.2, -0.15) is 0 Å². The van der Waals surface area contributed by atoms with Crippen LogP contribution < -0.4 is 0 Å². The van der Waals surface area contributed by atoms with E-state index in [-0.39, 0.29) is 6.54 Å². The third kappa shape index (κ3) is 1.59. The standard InChI is InChI=1S/C10H8ClNO2/c11-8-2-1-7-3-4-12(6-10(13)14)9(7)5-8/h1-5H,6H2,(H,13,14). The van der Waals surface area contributed by atoms with E-state index in [1.807, 2.05) is 12.1 Å². The number of carboxylic acids is 1. The van der Waals surface area contributed by atoms with Crippen LogP contribution in [0.25, 0.3) is 10.9 Å². The topological polar surface area (TPSA) is 42.2 Å². The van der Waals surface area contributed by atoms with Crippen LogP contribution in [0.2, 0.25) is 5.02 Å². The molecular weight excluding hydrogens is 202 g/mol. The van der Waals surface area contributed by atoms with Gasteiger partial charge in [-0.1, -0.05) is 17.7 Å². The third-order valence-electron chi connectivity index (χ3n) is 2.04. The van der Waals surface area contributed by atoms with Crippen LogP contribution in [0, 0.1) is 0 Å². The maximum absolute atomic E-state index is 10.5. The van der Waals surface area contributed by atoms with Gasteiger partial charge < -0.3 is 9.67 Å². The van der Waals surface area contributed by atoms with E-state index < -0.39 is 5.97 Å². The van der Waals surface area contributed by atoms with Gasteiger partial charge in [0.2, 0.25) is 0 Å². The summed E-state index contributed by atoms with van der Waals surface area (Å²) in [5.41, 5.74) is 0.847. The minimum Gasteiger partial charge on any atom is -0.480 e. The van der Waals surface area contributed by atoms with Crippen LogP contribution in [0.5, 0.6) is 0 Å². The van der Waals surface area contributed by atoms with Crippen molar-refractivity contribution in [1.82, 2.24) is 4.57 Å². The zero-order chi connectivity index (χ0) is 10.1. The van der Waals surface area contributed by atoms with Crippen molar-refractivity contribution in [2.24, 2.45) is 0 Å². The summed E-state index contributed by atoms with van der Waals surface area (Å²) in [6, 6.07) is 7.29. The average molecular weight is 210 g/mol. The average Bonchev–Trinajstić information content (AvgIpc) is 2.47. The highest BCUT2D eigenvalue weighted by Gasteiger charge is 2.04. The Kier molecular flexibility index (Phi) is 2.17. The summed E-state index contributed by atoms with van der Waals surface area (Å²) >= 11 is 5.82. The first-order valence-electron chi connectivity index (χ1n) is 4.13. The fourth-order valence-electron chi connectivity index (χ4n) is 1.44. The Morgan fingerprint density at radius 2 is 2.21 bits per heavy atom. The molecule has 4 heteroatoms. The van der Waals surface area contributed by atoms with Crippen molar-refractivity contribution in [2.45, 2.75) is 6.54 Å². The Labute approximate surface area is 85.5 Å². The minimum atomic E-state index is -0.859. The molecule has 1 aromatic carbocycles. The lowest BCUT2D eigenvalue weighted by atomic mass is 10.2. The molecule has 0 radical (unpaired) electrons. The van der Waals surface area contributed by atoms with E-state index in [2.05, 4.69) is 0 Å². The Morgan fingerprint density at radius 1 is 1.43 bits per heavy atom. The Bertz CT molecular complexity index is 490. The van der Waals surface area contributed by atoms with Crippen LogP contribution in [-0.2, 0) is 11.3 Å². The van der Waals surface area contributed by atoms with Crippen LogP contribution in [0.3, 0.4) is 0 Å². The van der Waals surface area contributed by atoms with Gasteiger partial charge in [0.1, 0.15) is 6.54 Å². The molecule has 3 nitrogen and oxygen atoms in total. The monoisotopic (exact) mass is 209 g/mol. The van der Waals surface area contributed by atoms with Gasteiger partial charge in [-0.15, -0.1) is 0 Å². The van der Waals surface area contributed by atoms with E-state index in [1.165, 1.54) is 0 Å². The summed E-state index contributed by atoms with van der Waals surface area (Å²) in [6.07, 6.45) is 1.75. The van der Waals surface area contributed by atoms with E-state index in [4.69, 9.17) is 16.7 Å². The van der Waals surface area contributed by atoms with Crippen molar-refractivity contribution >= 4 is 28.5 Å². The number of benzene rings is 1. The summed E-state index contributed by atoms with van der Waals surface area (Å²) < 4.78 is 1.66. The highest BCUT2D eigenvalue weighted by atomic mass is 35.5. The number of fused-ring (bicyclic) bond motifs is 1. The fourth-order valence-corrected chi connectivity index (χ4v) is 1.61. The molecule has 0 saturated carbocycles. The van der Waals surface area contributed by atoms with E-state index >= 15 is 0 Å². The van der Waals surface area contributed by atoms with Gasteiger partial charge in [-0.05, 0) is 23.6 Å². The van der Waals surface area contributed by atoms with Crippen molar-refractivity contribution in [1.29, 1.82) is 0 Å². The molecule has 0 atom stereocenters. The van der Waals surface area contributed by atoms with Gasteiger partial charge in [0.25, 0.3) is 0 Å². The normalized spacial score (nSPS) is 10.6. The van der Waals surface area contributed by atoms with Crippen molar-refractivity contribution in [3.8, 4) is 0 Å². The number of halogens is 1. The number of aliphatic carboxylic acids is 1. The molecule has 14 heavy (non-hydrogen) atoms. The lowest BCUT2D eigenvalue weighted by molar-refractivity contribution is -0.137. The van der Waals surface area contributed by atoms with Gasteiger partial charge in [-0.3, -0.25) is 4.79 Å². The molecule has 72 valence electrons. The van der Waals surface area contributed by atoms with Crippen molar-refractivity contribution in [3.05, 3.63) is 35.5 Å². The second-order valence-corrected chi connectivity index (χ2v) is 3.48. The van der Waals surface area contributed by atoms with Crippen LogP contribution in [-0.4, -0.2) is 15.6 Å². The minimum absolute atomic E-state index is 0.0379. The Hall–Kier alpha value is -1.48. The fraction of sp³-hybridized carbons (Fsp3) is 0.100.